The normalized spacial score (nSPS) is 9.86. The number of ether oxygens (including phenoxy) is 1. The van der Waals surface area contributed by atoms with Crippen LogP contribution in [0.3, 0.4) is 0 Å². The van der Waals surface area contributed by atoms with Crippen molar-refractivity contribution < 1.29 is 9.53 Å². The predicted octanol–water partition coefficient (Wildman–Crippen LogP) is 0.411. The Morgan fingerprint density at radius 2 is 2.43 bits per heavy atom. The van der Waals surface area contributed by atoms with Crippen LogP contribution in [0.25, 0.3) is 0 Å². The first kappa shape index (κ1) is 11.2. The van der Waals surface area contributed by atoms with Crippen LogP contribution in [-0.2, 0) is 16.1 Å². The lowest BCUT2D eigenvalue weighted by atomic mass is 10.4. The van der Waals surface area contributed by atoms with Crippen molar-refractivity contribution in [1.82, 2.24) is 9.78 Å². The topological polar surface area (TPSA) is 61.2 Å². The number of hydrogen-bond acceptors (Lipinski definition) is 4. The molecule has 1 rings (SSSR count). The lowest BCUT2D eigenvalue weighted by Crippen LogP contribution is -2.23. The Balaban J connectivity index is 2.68. The number of aromatic nitrogens is 2. The number of rotatable bonds is 3. The maximum absolute atomic E-state index is 11.3. The Kier molecular flexibility index (Phi) is 4.05. The number of carbonyl (C=O) groups is 1. The summed E-state index contributed by atoms with van der Waals surface area (Å²) in [6.45, 7) is 0.252. The summed E-state index contributed by atoms with van der Waals surface area (Å²) >= 11 is 2.00. The SMILES string of the molecule is COC(=O)CCn1ncc(I)cc1=O. The molecule has 76 valence electrons. The monoisotopic (exact) mass is 308 g/mol. The lowest BCUT2D eigenvalue weighted by Gasteiger charge is -2.02. The molecule has 0 N–H and O–H groups in total. The average molecular weight is 308 g/mol. The van der Waals surface area contributed by atoms with Crippen molar-refractivity contribution in [3.05, 3.63) is 26.2 Å². The van der Waals surface area contributed by atoms with E-state index in [0.717, 1.165) is 3.57 Å². The first-order chi connectivity index (χ1) is 6.63. The molecule has 0 radical (unpaired) electrons. The van der Waals surface area contributed by atoms with Crippen molar-refractivity contribution in [1.29, 1.82) is 0 Å². The minimum absolute atomic E-state index is 0.157. The molecular weight excluding hydrogens is 299 g/mol. The Morgan fingerprint density at radius 1 is 1.71 bits per heavy atom. The molecule has 1 heterocycles. The maximum atomic E-state index is 11.3. The molecular formula is C8H9IN2O3. The maximum Gasteiger partial charge on any atom is 0.307 e. The fourth-order valence-electron chi connectivity index (χ4n) is 0.879. The third-order valence-electron chi connectivity index (χ3n) is 1.59. The Hall–Kier alpha value is -0.920. The molecule has 6 heteroatoms. The summed E-state index contributed by atoms with van der Waals surface area (Å²) in [6.07, 6.45) is 1.73. The van der Waals surface area contributed by atoms with Crippen LogP contribution in [0.15, 0.2) is 17.1 Å². The molecule has 1 aromatic heterocycles. The molecule has 1 aromatic rings. The van der Waals surface area contributed by atoms with E-state index < -0.39 is 0 Å². The first-order valence-corrected chi connectivity index (χ1v) is 5.01. The van der Waals surface area contributed by atoms with Gasteiger partial charge in [-0.3, -0.25) is 9.59 Å². The van der Waals surface area contributed by atoms with E-state index in [2.05, 4.69) is 9.84 Å². The second kappa shape index (κ2) is 5.08. The van der Waals surface area contributed by atoms with Gasteiger partial charge in [0.05, 0.1) is 26.3 Å². The summed E-state index contributed by atoms with van der Waals surface area (Å²) < 4.78 is 6.47. The summed E-state index contributed by atoms with van der Waals surface area (Å²) in [4.78, 5) is 22.1. The molecule has 0 aliphatic carbocycles. The van der Waals surface area contributed by atoms with Gasteiger partial charge in [0.15, 0.2) is 0 Å². The standard InChI is InChI=1S/C8H9IN2O3/c1-14-8(13)2-3-11-7(12)4-6(9)5-10-11/h4-5H,2-3H2,1H3. The summed E-state index contributed by atoms with van der Waals surface area (Å²) in [5.74, 6) is -0.350. The zero-order valence-corrected chi connectivity index (χ0v) is 9.72. The van der Waals surface area contributed by atoms with Gasteiger partial charge in [0, 0.05) is 9.64 Å². The van der Waals surface area contributed by atoms with Gasteiger partial charge in [0.25, 0.3) is 5.56 Å². The Labute approximate surface area is 94.2 Å². The number of methoxy groups -OCH3 is 1. The van der Waals surface area contributed by atoms with Crippen LogP contribution in [0, 0.1) is 3.57 Å². The van der Waals surface area contributed by atoms with Crippen LogP contribution in [0.2, 0.25) is 0 Å². The average Bonchev–Trinajstić information content (AvgIpc) is 2.16. The van der Waals surface area contributed by atoms with Crippen molar-refractivity contribution in [3.63, 3.8) is 0 Å². The number of hydrogen-bond donors (Lipinski definition) is 0. The quantitative estimate of drug-likeness (QED) is 0.599. The molecule has 0 amide bonds. The van der Waals surface area contributed by atoms with E-state index in [4.69, 9.17) is 0 Å². The molecule has 14 heavy (non-hydrogen) atoms. The summed E-state index contributed by atoms with van der Waals surface area (Å²) in [7, 11) is 1.31. The van der Waals surface area contributed by atoms with Gasteiger partial charge in [-0.15, -0.1) is 0 Å². The molecule has 0 spiro atoms. The number of esters is 1. The van der Waals surface area contributed by atoms with Gasteiger partial charge < -0.3 is 4.74 Å². The smallest absolute Gasteiger partial charge is 0.307 e. The highest BCUT2D eigenvalue weighted by Gasteiger charge is 2.03. The fraction of sp³-hybridized carbons (Fsp3) is 0.375. The van der Waals surface area contributed by atoms with E-state index >= 15 is 0 Å². The van der Waals surface area contributed by atoms with Crippen molar-refractivity contribution in [2.75, 3.05) is 7.11 Å². The van der Waals surface area contributed by atoms with Crippen molar-refractivity contribution in [2.45, 2.75) is 13.0 Å². The van der Waals surface area contributed by atoms with Gasteiger partial charge in [-0.25, -0.2) is 4.68 Å². The number of aryl methyl sites for hydroxylation is 1. The van der Waals surface area contributed by atoms with Crippen LogP contribution < -0.4 is 5.56 Å². The molecule has 0 fully saturated rings. The van der Waals surface area contributed by atoms with Gasteiger partial charge in [-0.1, -0.05) is 0 Å². The molecule has 0 aliphatic rings. The molecule has 0 saturated carbocycles. The number of halogens is 1. The van der Waals surface area contributed by atoms with Crippen LogP contribution >= 0.6 is 22.6 Å². The van der Waals surface area contributed by atoms with E-state index in [1.807, 2.05) is 22.6 Å². The van der Waals surface area contributed by atoms with Crippen LogP contribution in [0.1, 0.15) is 6.42 Å². The van der Waals surface area contributed by atoms with E-state index in [1.54, 1.807) is 6.20 Å². The number of nitrogens with zero attached hydrogens (tertiary/aromatic N) is 2. The second-order valence-electron chi connectivity index (χ2n) is 2.56. The largest absolute Gasteiger partial charge is 0.469 e. The third kappa shape index (κ3) is 3.09. The van der Waals surface area contributed by atoms with Crippen LogP contribution in [-0.4, -0.2) is 22.9 Å². The third-order valence-corrected chi connectivity index (χ3v) is 2.18. The van der Waals surface area contributed by atoms with Gasteiger partial charge >= 0.3 is 5.97 Å². The highest BCUT2D eigenvalue weighted by Crippen LogP contribution is 1.96. The molecule has 0 atom stereocenters. The minimum atomic E-state index is -0.350. The molecule has 0 aliphatic heterocycles. The Morgan fingerprint density at radius 3 is 3.00 bits per heavy atom. The predicted molar refractivity (Wildman–Crippen MR) is 57.8 cm³/mol. The molecule has 0 unspecified atom stereocenters. The highest BCUT2D eigenvalue weighted by molar-refractivity contribution is 14.1. The van der Waals surface area contributed by atoms with Crippen molar-refractivity contribution in [2.24, 2.45) is 0 Å². The lowest BCUT2D eigenvalue weighted by molar-refractivity contribution is -0.140. The van der Waals surface area contributed by atoms with Gasteiger partial charge in [-0.2, -0.15) is 5.10 Å². The summed E-state index contributed by atoms with van der Waals surface area (Å²) in [5.41, 5.74) is -0.208. The van der Waals surface area contributed by atoms with E-state index in [-0.39, 0.29) is 24.5 Å². The summed E-state index contributed by atoms with van der Waals surface area (Å²) in [6, 6.07) is 1.46. The molecule has 0 aromatic carbocycles. The second-order valence-corrected chi connectivity index (χ2v) is 3.81. The van der Waals surface area contributed by atoms with Crippen molar-refractivity contribution >= 4 is 28.6 Å². The summed E-state index contributed by atoms with van der Waals surface area (Å²) in [5, 5.41) is 3.87. The van der Waals surface area contributed by atoms with E-state index in [0.29, 0.717) is 0 Å². The van der Waals surface area contributed by atoms with Gasteiger partial charge in [0.1, 0.15) is 0 Å². The molecule has 5 nitrogen and oxygen atoms in total. The zero-order chi connectivity index (χ0) is 10.6. The van der Waals surface area contributed by atoms with Crippen LogP contribution in [0.5, 0.6) is 0 Å². The molecule has 0 saturated heterocycles. The van der Waals surface area contributed by atoms with Crippen LogP contribution in [0.4, 0.5) is 0 Å². The van der Waals surface area contributed by atoms with Gasteiger partial charge in [-0.05, 0) is 22.6 Å². The zero-order valence-electron chi connectivity index (χ0n) is 7.57. The fourth-order valence-corrected chi connectivity index (χ4v) is 1.27. The number of carbonyl (C=O) groups excluding carboxylic acids is 1. The van der Waals surface area contributed by atoms with E-state index in [1.165, 1.54) is 17.9 Å². The van der Waals surface area contributed by atoms with E-state index in [9.17, 15) is 9.59 Å². The van der Waals surface area contributed by atoms with Gasteiger partial charge in [0.2, 0.25) is 0 Å². The minimum Gasteiger partial charge on any atom is -0.469 e. The highest BCUT2D eigenvalue weighted by atomic mass is 127. The molecule has 0 bridgehead atoms. The van der Waals surface area contributed by atoms with Crippen molar-refractivity contribution in [3.8, 4) is 0 Å². The Bertz CT molecular complexity index is 388. The first-order valence-electron chi connectivity index (χ1n) is 3.93.